The first kappa shape index (κ1) is 32.8. The third kappa shape index (κ3) is 6.52. The topological polar surface area (TPSA) is 252 Å². The van der Waals surface area contributed by atoms with E-state index in [9.17, 15) is 29.4 Å². The predicted molar refractivity (Wildman–Crippen MR) is 175 cm³/mol. The number of aliphatic carboxylic acids is 2. The van der Waals surface area contributed by atoms with Crippen LogP contribution in [0.5, 0.6) is 0 Å². The number of thioether (sulfide) groups is 2. The van der Waals surface area contributed by atoms with E-state index in [0.29, 0.717) is 10.7 Å². The summed E-state index contributed by atoms with van der Waals surface area (Å²) in [6.07, 6.45) is 1.00. The molecule has 1 aromatic carbocycles. The van der Waals surface area contributed by atoms with Gasteiger partial charge in [0.1, 0.15) is 34.8 Å². The molecule has 0 bridgehead atoms. The van der Waals surface area contributed by atoms with Crippen LogP contribution in [0.25, 0.3) is 0 Å². The van der Waals surface area contributed by atoms with Crippen LogP contribution in [0.15, 0.2) is 69.0 Å². The second-order valence-corrected chi connectivity index (χ2v) is 13.4. The molecule has 1 fully saturated rings. The Hall–Kier alpha value is -4.59. The third-order valence-corrected chi connectivity index (χ3v) is 9.93. The molecule has 1 saturated heterocycles. The summed E-state index contributed by atoms with van der Waals surface area (Å²) in [6, 6.07) is 8.19. The number of nitrogens with one attached hydrogen (secondary N) is 1. The number of carboxylic acid groups (broad SMARTS) is 2. The van der Waals surface area contributed by atoms with E-state index in [1.165, 1.54) is 42.8 Å². The van der Waals surface area contributed by atoms with Gasteiger partial charge in [0.25, 0.3) is 11.8 Å². The van der Waals surface area contributed by atoms with Gasteiger partial charge in [0.05, 0.1) is 0 Å². The number of rotatable bonds is 10. The fourth-order valence-corrected chi connectivity index (χ4v) is 7.61. The molecule has 4 heterocycles. The minimum Gasteiger partial charge on any atom is -0.478 e. The molecule has 19 heteroatoms. The lowest BCUT2D eigenvalue weighted by Gasteiger charge is -2.49. The molecule has 3 aliphatic heterocycles. The van der Waals surface area contributed by atoms with Gasteiger partial charge in [-0.3, -0.25) is 14.5 Å². The summed E-state index contributed by atoms with van der Waals surface area (Å²) in [5.41, 5.74) is 16.9. The molecule has 2 amide bonds. The van der Waals surface area contributed by atoms with E-state index < -0.39 is 52.6 Å². The molecule has 2 aromatic rings. The lowest BCUT2D eigenvalue weighted by molar-refractivity contribution is -0.161. The summed E-state index contributed by atoms with van der Waals surface area (Å²) in [5.74, 6) is -3.52. The normalized spacial score (nSPS) is 21.6. The second-order valence-electron chi connectivity index (χ2n) is 10.5. The molecular formula is C27H29N9O7S3. The number of nitrogen functional groups attached to an aromatic ring is 1. The first-order valence-electron chi connectivity index (χ1n) is 13.5. The Morgan fingerprint density at radius 1 is 1.20 bits per heavy atom. The van der Waals surface area contributed by atoms with Crippen LogP contribution >= 0.6 is 34.9 Å². The maximum absolute atomic E-state index is 13.3. The Kier molecular flexibility index (Phi) is 9.29. The number of amidine groups is 1. The van der Waals surface area contributed by atoms with Crippen LogP contribution in [0.1, 0.15) is 19.5 Å². The highest BCUT2D eigenvalue weighted by molar-refractivity contribution is 8.14. The predicted octanol–water partition coefficient (Wildman–Crippen LogP) is 0.742. The number of hydrogen-bond donors (Lipinski definition) is 6. The van der Waals surface area contributed by atoms with Crippen LogP contribution < -0.4 is 27.4 Å². The van der Waals surface area contributed by atoms with Crippen LogP contribution in [0.4, 0.5) is 10.8 Å². The van der Waals surface area contributed by atoms with E-state index in [2.05, 4.69) is 20.4 Å². The molecule has 0 radical (unpaired) electrons. The van der Waals surface area contributed by atoms with Crippen LogP contribution in [0.2, 0.25) is 0 Å². The van der Waals surface area contributed by atoms with Gasteiger partial charge in [0.15, 0.2) is 16.0 Å². The molecule has 3 aliphatic rings. The molecule has 0 aliphatic carbocycles. The van der Waals surface area contributed by atoms with Crippen molar-refractivity contribution in [1.29, 1.82) is 0 Å². The Bertz CT molecular complexity index is 1710. The number of nitrogens with two attached hydrogens (primary N) is 3. The molecule has 9 N–H and O–H groups in total. The summed E-state index contributed by atoms with van der Waals surface area (Å²) in [7, 11) is 0. The maximum atomic E-state index is 13.3. The van der Waals surface area contributed by atoms with Crippen molar-refractivity contribution in [2.45, 2.75) is 37.0 Å². The Labute approximate surface area is 274 Å². The molecular weight excluding hydrogens is 659 g/mol. The number of aliphatic imine (C=N–C) groups is 1. The number of para-hydroxylation sites is 1. The van der Waals surface area contributed by atoms with Crippen LogP contribution in [-0.2, 0) is 24.0 Å². The zero-order valence-corrected chi connectivity index (χ0v) is 26.8. The summed E-state index contributed by atoms with van der Waals surface area (Å²) in [5, 5.41) is 27.1. The minimum atomic E-state index is -1.78. The van der Waals surface area contributed by atoms with Crippen molar-refractivity contribution in [3.8, 4) is 0 Å². The number of carboxylic acids is 2. The van der Waals surface area contributed by atoms with Crippen LogP contribution in [0.3, 0.4) is 0 Å². The quantitative estimate of drug-likeness (QED) is 0.115. The molecule has 2 unspecified atom stereocenters. The van der Waals surface area contributed by atoms with Gasteiger partial charge in [-0.1, -0.05) is 35.1 Å². The Morgan fingerprint density at radius 3 is 2.54 bits per heavy atom. The van der Waals surface area contributed by atoms with Crippen LogP contribution in [0, 0.1) is 0 Å². The van der Waals surface area contributed by atoms with Crippen molar-refractivity contribution >= 4 is 80.3 Å². The zero-order chi connectivity index (χ0) is 33.3. The molecule has 16 nitrogen and oxygen atoms in total. The van der Waals surface area contributed by atoms with Gasteiger partial charge < -0.3 is 42.5 Å². The number of aromatic nitrogens is 1. The highest BCUT2D eigenvalue weighted by Crippen LogP contribution is 2.41. The first-order chi connectivity index (χ1) is 21.8. The number of thiazole rings is 1. The number of carbonyl (C=O) groups excluding carboxylic acids is 2. The van der Waals surface area contributed by atoms with Crippen molar-refractivity contribution in [3.63, 3.8) is 0 Å². The third-order valence-electron chi connectivity index (χ3n) is 6.88. The molecule has 46 heavy (non-hydrogen) atoms. The standard InChI is InChI=1S/C27H29N9O7S3/c1-27(2,24(41)42)43-34-17(14-11-45-25(30)31-14)20(37)33-18-21(38)36-19(23(39)40)12(9-44-22(18)36)10-46-26-32-15(28)8-16(29)35(26)13-6-4-3-5-7-13/h3-8,11,16,18,22H,9-10,28-29H2,1-2H3,(H2,30,31)(H,33,37)(H,39,40)(H,41,42)/b34-17-/t16?,18?,22-/m0/s1. The van der Waals surface area contributed by atoms with Gasteiger partial charge in [0, 0.05) is 22.6 Å². The fraction of sp³-hybridized carbons (Fsp3) is 0.296. The number of amides is 2. The average Bonchev–Trinajstić information content (AvgIpc) is 3.43. The monoisotopic (exact) mass is 687 g/mol. The number of carbonyl (C=O) groups is 4. The number of hydrogen-bond acceptors (Lipinski definition) is 15. The fourth-order valence-electron chi connectivity index (χ4n) is 4.51. The van der Waals surface area contributed by atoms with Crippen LogP contribution in [-0.4, -0.2) is 89.4 Å². The van der Waals surface area contributed by atoms with E-state index in [1.807, 2.05) is 30.3 Å². The smallest absolute Gasteiger partial charge is 0.352 e. The molecule has 5 rings (SSSR count). The van der Waals surface area contributed by atoms with Crippen molar-refractivity contribution in [2.24, 2.45) is 21.6 Å². The first-order valence-corrected chi connectivity index (χ1v) is 16.4. The summed E-state index contributed by atoms with van der Waals surface area (Å²) >= 11 is 3.52. The molecule has 242 valence electrons. The van der Waals surface area contributed by atoms with E-state index in [1.54, 1.807) is 11.0 Å². The summed E-state index contributed by atoms with van der Waals surface area (Å²) in [6.45, 7) is 2.48. The van der Waals surface area contributed by atoms with Gasteiger partial charge in [0.2, 0.25) is 5.60 Å². The van der Waals surface area contributed by atoms with E-state index in [0.717, 1.165) is 21.9 Å². The van der Waals surface area contributed by atoms with Crippen molar-refractivity contribution in [2.75, 3.05) is 22.1 Å². The summed E-state index contributed by atoms with van der Waals surface area (Å²) in [4.78, 5) is 67.1. The van der Waals surface area contributed by atoms with Crippen molar-refractivity contribution in [1.82, 2.24) is 15.2 Å². The van der Waals surface area contributed by atoms with Gasteiger partial charge in [-0.25, -0.2) is 19.6 Å². The van der Waals surface area contributed by atoms with E-state index >= 15 is 0 Å². The Balaban J connectivity index is 1.34. The highest BCUT2D eigenvalue weighted by Gasteiger charge is 2.54. The average molecular weight is 688 g/mol. The van der Waals surface area contributed by atoms with Gasteiger partial charge in [-0.15, -0.1) is 23.1 Å². The number of oxime groups is 1. The number of nitrogens with zero attached hydrogens (tertiary/aromatic N) is 5. The molecule has 0 saturated carbocycles. The highest BCUT2D eigenvalue weighted by atomic mass is 32.2. The number of fused-ring (bicyclic) bond motifs is 1. The molecule has 1 aromatic heterocycles. The SMILES string of the molecule is CC(C)(O/N=C(\C(=O)NC1C(=O)N2C(C(=O)O)=C(CSC3=NC(N)=CC(N)N3c3ccccc3)CS[C@@H]12)c1csc(N)n1)C(=O)O. The second kappa shape index (κ2) is 13.0. The van der Waals surface area contributed by atoms with E-state index in [4.69, 9.17) is 22.0 Å². The van der Waals surface area contributed by atoms with Crippen molar-refractivity contribution in [3.05, 3.63) is 64.6 Å². The van der Waals surface area contributed by atoms with E-state index in [-0.39, 0.29) is 33.8 Å². The number of anilines is 2. The van der Waals surface area contributed by atoms with Gasteiger partial charge >= 0.3 is 11.9 Å². The van der Waals surface area contributed by atoms with Crippen molar-refractivity contribution < 1.29 is 34.2 Å². The largest absolute Gasteiger partial charge is 0.478 e. The minimum absolute atomic E-state index is 0.0110. The maximum Gasteiger partial charge on any atom is 0.352 e. The lowest BCUT2D eigenvalue weighted by Crippen LogP contribution is -2.71. The number of benzene rings is 1. The Morgan fingerprint density at radius 2 is 1.91 bits per heavy atom. The number of β-lactam (4-membered cyclic amide) rings is 1. The zero-order valence-electron chi connectivity index (χ0n) is 24.3. The molecule has 3 atom stereocenters. The lowest BCUT2D eigenvalue weighted by atomic mass is 10.0. The van der Waals surface area contributed by atoms with Gasteiger partial charge in [-0.05, 0) is 37.6 Å². The van der Waals surface area contributed by atoms with Gasteiger partial charge in [-0.2, -0.15) is 0 Å². The summed E-state index contributed by atoms with van der Waals surface area (Å²) < 4.78 is 0. The molecule has 0 spiro atoms.